The minimum atomic E-state index is -4.42. The summed E-state index contributed by atoms with van der Waals surface area (Å²) in [5, 5.41) is 3.12. The number of nitrogens with zero attached hydrogens (tertiary/aromatic N) is 1. The second kappa shape index (κ2) is 6.09. The minimum Gasteiger partial charge on any atom is -0.444 e. The summed E-state index contributed by atoms with van der Waals surface area (Å²) in [7, 11) is 0. The van der Waals surface area contributed by atoms with Gasteiger partial charge in [-0.3, -0.25) is 0 Å². The summed E-state index contributed by atoms with van der Waals surface area (Å²) in [6.07, 6.45) is -2.07. The van der Waals surface area contributed by atoms with Crippen LogP contribution in [0.5, 0.6) is 0 Å². The van der Waals surface area contributed by atoms with Gasteiger partial charge in [0, 0.05) is 12.1 Å². The Bertz CT molecular complexity index is 564. The van der Waals surface area contributed by atoms with Crippen LogP contribution in [0.1, 0.15) is 24.6 Å². The van der Waals surface area contributed by atoms with E-state index in [1.165, 1.54) is 24.5 Å². The van der Waals surface area contributed by atoms with E-state index >= 15 is 0 Å². The molecule has 0 fully saturated rings. The number of alkyl halides is 3. The molecule has 0 atom stereocenters. The molecule has 0 spiro atoms. The van der Waals surface area contributed by atoms with E-state index in [9.17, 15) is 13.2 Å². The Morgan fingerprint density at radius 1 is 1.25 bits per heavy atom. The fraction of sp³-hybridized carbons (Fsp3) is 0.357. The molecule has 0 bridgehead atoms. The summed E-state index contributed by atoms with van der Waals surface area (Å²) < 4.78 is 43.9. The molecule has 0 unspecified atom stereocenters. The van der Waals surface area contributed by atoms with Crippen LogP contribution < -0.4 is 5.32 Å². The summed E-state index contributed by atoms with van der Waals surface area (Å²) in [6.45, 7) is 3.33. The Labute approximate surface area is 114 Å². The highest BCUT2D eigenvalue weighted by Gasteiger charge is 2.34. The third-order valence-electron chi connectivity index (χ3n) is 2.75. The van der Waals surface area contributed by atoms with Gasteiger partial charge in [0.1, 0.15) is 6.26 Å². The van der Waals surface area contributed by atoms with Gasteiger partial charge in [-0.15, -0.1) is 0 Å². The van der Waals surface area contributed by atoms with Gasteiger partial charge in [0.2, 0.25) is 5.89 Å². The first-order chi connectivity index (χ1) is 9.52. The van der Waals surface area contributed by atoms with Gasteiger partial charge >= 0.3 is 6.18 Å². The molecule has 20 heavy (non-hydrogen) atoms. The van der Waals surface area contributed by atoms with Gasteiger partial charge in [0.15, 0.2) is 0 Å². The van der Waals surface area contributed by atoms with Crippen molar-refractivity contribution in [3.05, 3.63) is 41.8 Å². The average molecular weight is 284 g/mol. The molecule has 0 aliphatic heterocycles. The number of rotatable bonds is 5. The number of halogens is 3. The molecule has 1 N–H and O–H groups in total. The fourth-order valence-electron chi connectivity index (χ4n) is 1.82. The zero-order valence-corrected chi connectivity index (χ0v) is 11.0. The third-order valence-corrected chi connectivity index (χ3v) is 2.75. The lowest BCUT2D eigenvalue weighted by Crippen LogP contribution is -2.13. The number of hydrogen-bond donors (Lipinski definition) is 1. The number of nitrogens with one attached hydrogen (secondary N) is 1. The van der Waals surface area contributed by atoms with E-state index in [2.05, 4.69) is 10.3 Å². The first kappa shape index (κ1) is 14.6. The molecule has 1 heterocycles. The zero-order valence-electron chi connectivity index (χ0n) is 11.0. The standard InChI is InChI=1S/C14H15F3N2O/c1-2-7-18-8-10-9-20-13(19-10)11-5-3-4-6-12(11)14(15,16)17/h3-6,9,18H,2,7-8H2,1H3. The maximum Gasteiger partial charge on any atom is 0.417 e. The van der Waals surface area contributed by atoms with Gasteiger partial charge in [0.25, 0.3) is 0 Å². The van der Waals surface area contributed by atoms with Crippen molar-refractivity contribution in [3.8, 4) is 11.5 Å². The highest BCUT2D eigenvalue weighted by atomic mass is 19.4. The lowest BCUT2D eigenvalue weighted by molar-refractivity contribution is -0.137. The van der Waals surface area contributed by atoms with Crippen LogP contribution in [0.25, 0.3) is 11.5 Å². The predicted octanol–water partition coefficient (Wildman–Crippen LogP) is 3.86. The number of aromatic nitrogens is 1. The van der Waals surface area contributed by atoms with Gasteiger partial charge in [-0.05, 0) is 25.1 Å². The zero-order chi connectivity index (χ0) is 14.6. The molecule has 0 aliphatic carbocycles. The Morgan fingerprint density at radius 3 is 2.70 bits per heavy atom. The summed E-state index contributed by atoms with van der Waals surface area (Å²) in [5.74, 6) is -0.00813. The number of benzene rings is 1. The third kappa shape index (κ3) is 3.39. The molecular formula is C14H15F3N2O. The number of oxazole rings is 1. The van der Waals surface area contributed by atoms with Crippen molar-refractivity contribution in [2.75, 3.05) is 6.54 Å². The largest absolute Gasteiger partial charge is 0.444 e. The van der Waals surface area contributed by atoms with Crippen molar-refractivity contribution in [2.24, 2.45) is 0 Å². The molecule has 2 aromatic rings. The first-order valence-corrected chi connectivity index (χ1v) is 6.34. The van der Waals surface area contributed by atoms with Crippen LogP contribution in [0.15, 0.2) is 34.9 Å². The van der Waals surface area contributed by atoms with Crippen molar-refractivity contribution < 1.29 is 17.6 Å². The van der Waals surface area contributed by atoms with Crippen LogP contribution in [-0.2, 0) is 12.7 Å². The Kier molecular flexibility index (Phi) is 4.44. The van der Waals surface area contributed by atoms with Crippen molar-refractivity contribution in [3.63, 3.8) is 0 Å². The Balaban J connectivity index is 2.24. The van der Waals surface area contributed by atoms with Crippen LogP contribution in [-0.4, -0.2) is 11.5 Å². The predicted molar refractivity (Wildman–Crippen MR) is 68.9 cm³/mol. The van der Waals surface area contributed by atoms with Gasteiger partial charge in [-0.1, -0.05) is 19.1 Å². The van der Waals surface area contributed by atoms with Gasteiger partial charge in [-0.25, -0.2) is 4.98 Å². The Hall–Kier alpha value is -1.82. The molecule has 2 rings (SSSR count). The highest BCUT2D eigenvalue weighted by Crippen LogP contribution is 2.36. The number of hydrogen-bond acceptors (Lipinski definition) is 3. The van der Waals surface area contributed by atoms with Crippen LogP contribution >= 0.6 is 0 Å². The van der Waals surface area contributed by atoms with Crippen LogP contribution in [0, 0.1) is 0 Å². The van der Waals surface area contributed by atoms with Crippen LogP contribution in [0.2, 0.25) is 0 Å². The van der Waals surface area contributed by atoms with Crippen LogP contribution in [0.3, 0.4) is 0 Å². The molecule has 3 nitrogen and oxygen atoms in total. The summed E-state index contributed by atoms with van der Waals surface area (Å²) in [4.78, 5) is 4.10. The highest BCUT2D eigenvalue weighted by molar-refractivity contribution is 5.59. The Morgan fingerprint density at radius 2 is 2.00 bits per heavy atom. The summed E-state index contributed by atoms with van der Waals surface area (Å²) >= 11 is 0. The quantitative estimate of drug-likeness (QED) is 0.847. The van der Waals surface area contributed by atoms with Gasteiger partial charge in [-0.2, -0.15) is 13.2 Å². The van der Waals surface area contributed by atoms with E-state index in [1.54, 1.807) is 0 Å². The van der Waals surface area contributed by atoms with E-state index in [1.807, 2.05) is 6.92 Å². The molecule has 6 heteroatoms. The molecule has 0 saturated carbocycles. The normalized spacial score (nSPS) is 11.8. The van der Waals surface area contributed by atoms with Crippen molar-refractivity contribution in [1.29, 1.82) is 0 Å². The second-order valence-electron chi connectivity index (χ2n) is 4.36. The molecule has 1 aromatic carbocycles. The summed E-state index contributed by atoms with van der Waals surface area (Å²) in [6, 6.07) is 5.26. The molecule has 108 valence electrons. The van der Waals surface area contributed by atoms with Crippen molar-refractivity contribution >= 4 is 0 Å². The van der Waals surface area contributed by atoms with E-state index < -0.39 is 11.7 Å². The molecular weight excluding hydrogens is 269 g/mol. The molecule has 0 amide bonds. The summed E-state index contributed by atoms with van der Waals surface area (Å²) in [5.41, 5.74) is -0.193. The smallest absolute Gasteiger partial charge is 0.417 e. The monoisotopic (exact) mass is 284 g/mol. The maximum absolute atomic E-state index is 12.9. The lowest BCUT2D eigenvalue weighted by atomic mass is 10.1. The van der Waals surface area contributed by atoms with E-state index in [-0.39, 0.29) is 11.5 Å². The van der Waals surface area contributed by atoms with E-state index in [4.69, 9.17) is 4.42 Å². The SMILES string of the molecule is CCCNCc1coc(-c2ccccc2C(F)(F)F)n1. The topological polar surface area (TPSA) is 38.1 Å². The first-order valence-electron chi connectivity index (χ1n) is 6.34. The maximum atomic E-state index is 12.9. The molecule has 0 radical (unpaired) electrons. The molecule has 1 aromatic heterocycles. The van der Waals surface area contributed by atoms with Crippen LogP contribution in [0.4, 0.5) is 13.2 Å². The fourth-order valence-corrected chi connectivity index (χ4v) is 1.82. The molecule has 0 saturated heterocycles. The molecule has 0 aliphatic rings. The second-order valence-corrected chi connectivity index (χ2v) is 4.36. The van der Waals surface area contributed by atoms with Crippen molar-refractivity contribution in [2.45, 2.75) is 26.1 Å². The van der Waals surface area contributed by atoms with Crippen molar-refractivity contribution in [1.82, 2.24) is 10.3 Å². The van der Waals surface area contributed by atoms with E-state index in [0.717, 1.165) is 19.0 Å². The minimum absolute atomic E-state index is 0.00813. The average Bonchev–Trinajstić information content (AvgIpc) is 2.87. The lowest BCUT2D eigenvalue weighted by Gasteiger charge is -2.09. The van der Waals surface area contributed by atoms with E-state index in [0.29, 0.717) is 12.2 Å². The van der Waals surface area contributed by atoms with Gasteiger partial charge < -0.3 is 9.73 Å². The van der Waals surface area contributed by atoms with Gasteiger partial charge in [0.05, 0.1) is 11.3 Å².